The van der Waals surface area contributed by atoms with Gasteiger partial charge in [-0.3, -0.25) is 4.79 Å². The second-order valence-electron chi connectivity index (χ2n) is 7.61. The van der Waals surface area contributed by atoms with E-state index in [-0.39, 0.29) is 22.9 Å². The highest BCUT2D eigenvalue weighted by Crippen LogP contribution is 2.68. The van der Waals surface area contributed by atoms with Gasteiger partial charge >= 0.3 is 0 Å². The molecule has 96 valence electrons. The summed E-state index contributed by atoms with van der Waals surface area (Å²) in [6, 6.07) is 0. The van der Waals surface area contributed by atoms with E-state index in [2.05, 4.69) is 27.7 Å². The van der Waals surface area contributed by atoms with Gasteiger partial charge in [-0.25, -0.2) is 0 Å². The summed E-state index contributed by atoms with van der Waals surface area (Å²) in [5.41, 5.74) is 0.101. The van der Waals surface area contributed by atoms with E-state index in [1.165, 1.54) is 0 Å². The fraction of sp³-hybridized carbons (Fsp3) is 0.933. The highest BCUT2D eigenvalue weighted by Gasteiger charge is 2.66. The van der Waals surface area contributed by atoms with Crippen LogP contribution < -0.4 is 0 Å². The molecule has 0 aromatic heterocycles. The standard InChI is InChI=1S/C15H24O2/c1-8-11(16)6-10-5-9-7-14(2,3)13(17)12(9)15(8,10)4/h8-10,12-13,17H,5-7H2,1-4H3/t8-,9?,10-,12?,13+,15+/m1/s1. The van der Waals surface area contributed by atoms with Gasteiger partial charge in [0, 0.05) is 12.3 Å². The topological polar surface area (TPSA) is 37.3 Å². The lowest BCUT2D eigenvalue weighted by Gasteiger charge is -2.39. The molecule has 2 unspecified atom stereocenters. The zero-order chi connectivity index (χ0) is 12.6. The van der Waals surface area contributed by atoms with Crippen molar-refractivity contribution in [1.82, 2.24) is 0 Å². The molecule has 3 saturated carbocycles. The van der Waals surface area contributed by atoms with E-state index in [1.54, 1.807) is 0 Å². The second-order valence-corrected chi connectivity index (χ2v) is 7.61. The molecule has 0 spiro atoms. The van der Waals surface area contributed by atoms with Crippen LogP contribution in [0.2, 0.25) is 0 Å². The molecule has 0 amide bonds. The lowest BCUT2D eigenvalue weighted by molar-refractivity contribution is -0.123. The molecule has 0 heterocycles. The molecule has 3 aliphatic rings. The molecule has 0 radical (unpaired) electrons. The summed E-state index contributed by atoms with van der Waals surface area (Å²) in [4.78, 5) is 12.0. The highest BCUT2D eigenvalue weighted by atomic mass is 16.3. The van der Waals surface area contributed by atoms with Crippen LogP contribution in [0.15, 0.2) is 0 Å². The smallest absolute Gasteiger partial charge is 0.136 e. The Bertz CT molecular complexity index is 373. The number of carbonyl (C=O) groups is 1. The Morgan fingerprint density at radius 1 is 1.29 bits per heavy atom. The number of carbonyl (C=O) groups excluding carboxylic acids is 1. The first-order chi connectivity index (χ1) is 7.78. The summed E-state index contributed by atoms with van der Waals surface area (Å²) in [6.07, 6.45) is 2.83. The van der Waals surface area contributed by atoms with E-state index in [0.29, 0.717) is 23.5 Å². The van der Waals surface area contributed by atoms with Crippen molar-refractivity contribution in [3.05, 3.63) is 0 Å². The van der Waals surface area contributed by atoms with Gasteiger partial charge in [0.25, 0.3) is 0 Å². The number of ketones is 1. The molecule has 3 fully saturated rings. The van der Waals surface area contributed by atoms with E-state index in [1.807, 2.05) is 0 Å². The molecule has 2 nitrogen and oxygen atoms in total. The van der Waals surface area contributed by atoms with Crippen LogP contribution in [0.3, 0.4) is 0 Å². The van der Waals surface area contributed by atoms with Crippen molar-refractivity contribution >= 4 is 5.78 Å². The highest BCUT2D eigenvalue weighted by molar-refractivity contribution is 5.84. The minimum absolute atomic E-state index is 0.0364. The van der Waals surface area contributed by atoms with Gasteiger partial charge in [0.15, 0.2) is 0 Å². The maximum absolute atomic E-state index is 12.0. The molecular formula is C15H24O2. The predicted molar refractivity (Wildman–Crippen MR) is 66.4 cm³/mol. The van der Waals surface area contributed by atoms with Crippen molar-refractivity contribution in [2.45, 2.75) is 53.1 Å². The Morgan fingerprint density at radius 2 is 1.94 bits per heavy atom. The Hall–Kier alpha value is -0.370. The lowest BCUT2D eigenvalue weighted by atomic mass is 9.66. The Kier molecular flexibility index (Phi) is 2.16. The van der Waals surface area contributed by atoms with Crippen LogP contribution in [0.1, 0.15) is 47.0 Å². The normalized spacial score (nSPS) is 56.1. The zero-order valence-electron chi connectivity index (χ0n) is 11.4. The van der Waals surface area contributed by atoms with Crippen LogP contribution in [0, 0.1) is 34.5 Å². The van der Waals surface area contributed by atoms with Crippen molar-refractivity contribution < 1.29 is 9.90 Å². The van der Waals surface area contributed by atoms with Gasteiger partial charge in [-0.2, -0.15) is 0 Å². The maximum Gasteiger partial charge on any atom is 0.136 e. The van der Waals surface area contributed by atoms with Gasteiger partial charge in [-0.1, -0.05) is 27.7 Å². The number of rotatable bonds is 0. The lowest BCUT2D eigenvalue weighted by Crippen LogP contribution is -2.41. The number of Topliss-reactive ketones (excluding diaryl/α,β-unsaturated/α-hetero) is 1. The number of aliphatic hydroxyl groups is 1. The van der Waals surface area contributed by atoms with Crippen LogP contribution >= 0.6 is 0 Å². The monoisotopic (exact) mass is 236 g/mol. The average Bonchev–Trinajstić information content (AvgIpc) is 2.68. The minimum atomic E-state index is -0.226. The Morgan fingerprint density at radius 3 is 2.59 bits per heavy atom. The summed E-state index contributed by atoms with van der Waals surface area (Å²) in [5.74, 6) is 2.10. The van der Waals surface area contributed by atoms with Crippen molar-refractivity contribution in [2.24, 2.45) is 34.5 Å². The molecule has 3 aliphatic carbocycles. The van der Waals surface area contributed by atoms with Crippen LogP contribution in [0.4, 0.5) is 0 Å². The first-order valence-electron chi connectivity index (χ1n) is 6.99. The van der Waals surface area contributed by atoms with E-state index in [9.17, 15) is 9.90 Å². The molecule has 3 rings (SSSR count). The summed E-state index contributed by atoms with van der Waals surface area (Å²) >= 11 is 0. The van der Waals surface area contributed by atoms with Crippen LogP contribution in [-0.2, 0) is 4.79 Å². The molecule has 17 heavy (non-hydrogen) atoms. The summed E-state index contributed by atoms with van der Waals surface area (Å²) in [7, 11) is 0. The third-order valence-corrected chi connectivity index (χ3v) is 6.49. The van der Waals surface area contributed by atoms with Crippen LogP contribution in [-0.4, -0.2) is 17.0 Å². The molecule has 0 aromatic carbocycles. The quantitative estimate of drug-likeness (QED) is 0.702. The Balaban J connectivity index is 2.01. The fourth-order valence-electron chi connectivity index (χ4n) is 5.35. The van der Waals surface area contributed by atoms with E-state index < -0.39 is 0 Å². The summed E-state index contributed by atoms with van der Waals surface area (Å²) in [5, 5.41) is 10.6. The average molecular weight is 236 g/mol. The van der Waals surface area contributed by atoms with Crippen molar-refractivity contribution in [3.63, 3.8) is 0 Å². The molecule has 0 aliphatic heterocycles. The predicted octanol–water partition coefficient (Wildman–Crippen LogP) is 2.64. The van der Waals surface area contributed by atoms with Gasteiger partial charge in [-0.05, 0) is 41.4 Å². The van der Waals surface area contributed by atoms with E-state index >= 15 is 0 Å². The number of hydrogen-bond donors (Lipinski definition) is 1. The van der Waals surface area contributed by atoms with E-state index in [4.69, 9.17) is 0 Å². The van der Waals surface area contributed by atoms with Crippen molar-refractivity contribution in [3.8, 4) is 0 Å². The SMILES string of the molecule is C[C@@H]1C(=O)C[C@H]2CC3CC(C)(C)[C@@H](O)C3[C@]21C. The van der Waals surface area contributed by atoms with Crippen molar-refractivity contribution in [2.75, 3.05) is 0 Å². The van der Waals surface area contributed by atoms with Crippen LogP contribution in [0.5, 0.6) is 0 Å². The molecule has 2 heteroatoms. The zero-order valence-corrected chi connectivity index (χ0v) is 11.4. The van der Waals surface area contributed by atoms with Gasteiger partial charge in [0.2, 0.25) is 0 Å². The molecule has 6 atom stereocenters. The van der Waals surface area contributed by atoms with Gasteiger partial charge in [-0.15, -0.1) is 0 Å². The number of hydrogen-bond acceptors (Lipinski definition) is 2. The van der Waals surface area contributed by atoms with Crippen molar-refractivity contribution in [1.29, 1.82) is 0 Å². The second kappa shape index (κ2) is 3.14. The largest absolute Gasteiger partial charge is 0.392 e. The first-order valence-corrected chi connectivity index (χ1v) is 6.99. The fourth-order valence-corrected chi connectivity index (χ4v) is 5.35. The first kappa shape index (κ1) is 11.7. The molecular weight excluding hydrogens is 212 g/mol. The third kappa shape index (κ3) is 1.23. The molecule has 1 N–H and O–H groups in total. The number of fused-ring (bicyclic) bond motifs is 3. The summed E-state index contributed by atoms with van der Waals surface area (Å²) < 4.78 is 0. The molecule has 0 saturated heterocycles. The number of aliphatic hydroxyl groups excluding tert-OH is 1. The Labute approximate surface area is 104 Å². The molecule has 0 bridgehead atoms. The minimum Gasteiger partial charge on any atom is -0.392 e. The third-order valence-electron chi connectivity index (χ3n) is 6.49. The van der Waals surface area contributed by atoms with E-state index in [0.717, 1.165) is 19.3 Å². The molecule has 0 aromatic rings. The maximum atomic E-state index is 12.0. The summed E-state index contributed by atoms with van der Waals surface area (Å²) in [6.45, 7) is 8.71. The van der Waals surface area contributed by atoms with Gasteiger partial charge in [0.1, 0.15) is 5.78 Å². The van der Waals surface area contributed by atoms with Gasteiger partial charge in [0.05, 0.1) is 6.10 Å². The van der Waals surface area contributed by atoms with Gasteiger partial charge < -0.3 is 5.11 Å². The van der Waals surface area contributed by atoms with Crippen LogP contribution in [0.25, 0.3) is 0 Å².